The van der Waals surface area contributed by atoms with Crippen molar-refractivity contribution >= 4 is 0 Å². The van der Waals surface area contributed by atoms with Gasteiger partial charge in [-0.2, -0.15) is 0 Å². The molecule has 0 spiro atoms. The second-order valence-corrected chi connectivity index (χ2v) is 7.28. The average Bonchev–Trinajstić information content (AvgIpc) is 2.99. The fraction of sp³-hybridized carbons (Fsp3) is 1.00. The molecule has 0 bridgehead atoms. The first-order valence-electron chi connectivity index (χ1n) is 7.40. The normalized spacial score (nSPS) is 31.8. The Hall–Kier alpha value is -0.0800. The Morgan fingerprint density at radius 2 is 1.88 bits per heavy atom. The molecule has 2 aliphatic rings. The minimum Gasteiger partial charge on any atom is -0.309 e. The molecule has 2 fully saturated rings. The van der Waals surface area contributed by atoms with Crippen LogP contribution in [0.1, 0.15) is 53.9 Å². The van der Waals surface area contributed by atoms with E-state index in [0.717, 1.165) is 30.5 Å². The van der Waals surface area contributed by atoms with E-state index in [9.17, 15) is 0 Å². The van der Waals surface area contributed by atoms with Crippen LogP contribution in [0.5, 0.6) is 0 Å². The predicted octanol–water partition coefficient (Wildman–Crippen LogP) is 2.88. The van der Waals surface area contributed by atoms with Crippen LogP contribution in [0.15, 0.2) is 0 Å². The quantitative estimate of drug-likeness (QED) is 0.810. The van der Waals surface area contributed by atoms with E-state index in [1.54, 1.807) is 0 Å². The van der Waals surface area contributed by atoms with E-state index in [-0.39, 0.29) is 5.54 Å². The van der Waals surface area contributed by atoms with Crippen molar-refractivity contribution in [1.29, 1.82) is 0 Å². The summed E-state index contributed by atoms with van der Waals surface area (Å²) in [6.45, 7) is 14.2. The molecule has 1 heterocycles. The van der Waals surface area contributed by atoms with Crippen molar-refractivity contribution in [3.8, 4) is 0 Å². The van der Waals surface area contributed by atoms with Crippen molar-refractivity contribution < 1.29 is 0 Å². The molecule has 0 amide bonds. The molecule has 0 aromatic carbocycles. The van der Waals surface area contributed by atoms with Crippen molar-refractivity contribution in [2.45, 2.75) is 71.5 Å². The monoisotopic (exact) mass is 238 g/mol. The third-order valence-corrected chi connectivity index (χ3v) is 4.50. The molecule has 100 valence electrons. The van der Waals surface area contributed by atoms with Crippen LogP contribution in [0.3, 0.4) is 0 Å². The first kappa shape index (κ1) is 13.4. The van der Waals surface area contributed by atoms with Crippen LogP contribution in [-0.2, 0) is 0 Å². The van der Waals surface area contributed by atoms with E-state index in [1.165, 1.54) is 25.8 Å². The smallest absolute Gasteiger partial charge is 0.0253 e. The van der Waals surface area contributed by atoms with E-state index < -0.39 is 0 Å². The van der Waals surface area contributed by atoms with Gasteiger partial charge in [0, 0.05) is 30.7 Å². The molecular formula is C15H30N2. The zero-order valence-corrected chi connectivity index (χ0v) is 12.3. The Balaban J connectivity index is 2.01. The van der Waals surface area contributed by atoms with Crippen LogP contribution in [0.4, 0.5) is 0 Å². The van der Waals surface area contributed by atoms with Gasteiger partial charge in [0.25, 0.3) is 0 Å². The van der Waals surface area contributed by atoms with Crippen LogP contribution in [0.2, 0.25) is 0 Å². The molecule has 0 aromatic rings. The Morgan fingerprint density at radius 3 is 2.41 bits per heavy atom. The Kier molecular flexibility index (Phi) is 3.84. The van der Waals surface area contributed by atoms with Gasteiger partial charge in [-0.15, -0.1) is 0 Å². The number of nitrogens with one attached hydrogen (secondary N) is 1. The highest BCUT2D eigenvalue weighted by molar-refractivity contribution is 4.96. The van der Waals surface area contributed by atoms with Gasteiger partial charge in [0.05, 0.1) is 0 Å². The molecule has 1 N–H and O–H groups in total. The summed E-state index contributed by atoms with van der Waals surface area (Å²) >= 11 is 0. The number of hydrogen-bond donors (Lipinski definition) is 1. The summed E-state index contributed by atoms with van der Waals surface area (Å²) in [4.78, 5) is 2.78. The fourth-order valence-corrected chi connectivity index (χ4v) is 3.20. The van der Waals surface area contributed by atoms with Crippen molar-refractivity contribution in [3.63, 3.8) is 0 Å². The van der Waals surface area contributed by atoms with Gasteiger partial charge >= 0.3 is 0 Å². The van der Waals surface area contributed by atoms with Crippen LogP contribution in [0.25, 0.3) is 0 Å². The van der Waals surface area contributed by atoms with Gasteiger partial charge in [0.15, 0.2) is 0 Å². The van der Waals surface area contributed by atoms with Crippen molar-refractivity contribution in [3.05, 3.63) is 0 Å². The summed E-state index contributed by atoms with van der Waals surface area (Å²) < 4.78 is 0. The van der Waals surface area contributed by atoms with E-state index >= 15 is 0 Å². The maximum absolute atomic E-state index is 3.70. The summed E-state index contributed by atoms with van der Waals surface area (Å²) in [6, 6.07) is 1.48. The molecule has 2 rings (SSSR count). The minimum absolute atomic E-state index is 0.281. The highest BCUT2D eigenvalue weighted by Crippen LogP contribution is 2.36. The first-order chi connectivity index (χ1) is 7.89. The molecule has 1 aliphatic carbocycles. The average molecular weight is 238 g/mol. The van der Waals surface area contributed by atoms with Gasteiger partial charge in [-0.05, 0) is 39.0 Å². The zero-order chi connectivity index (χ0) is 12.6. The fourth-order valence-electron chi connectivity index (χ4n) is 3.20. The zero-order valence-electron chi connectivity index (χ0n) is 12.3. The number of piperazine rings is 1. The van der Waals surface area contributed by atoms with Gasteiger partial charge in [-0.3, -0.25) is 4.90 Å². The molecule has 2 unspecified atom stereocenters. The van der Waals surface area contributed by atoms with Crippen LogP contribution >= 0.6 is 0 Å². The molecule has 0 radical (unpaired) electrons. The standard InChI is InChI=1S/C15H30N2/c1-11(2)14-9-16-15(4,5)10-17(14)12(3)8-13-6-7-13/h11-14,16H,6-10H2,1-5H3. The third-order valence-electron chi connectivity index (χ3n) is 4.50. The second-order valence-electron chi connectivity index (χ2n) is 7.28. The van der Waals surface area contributed by atoms with E-state index in [4.69, 9.17) is 0 Å². The third kappa shape index (κ3) is 3.45. The molecule has 1 saturated carbocycles. The van der Waals surface area contributed by atoms with E-state index in [0.29, 0.717) is 0 Å². The Bertz CT molecular complexity index is 256. The summed E-state index contributed by atoms with van der Waals surface area (Å²) in [5, 5.41) is 3.70. The Morgan fingerprint density at radius 1 is 1.24 bits per heavy atom. The van der Waals surface area contributed by atoms with Crippen LogP contribution < -0.4 is 5.32 Å². The molecular weight excluding hydrogens is 208 g/mol. The van der Waals surface area contributed by atoms with Crippen molar-refractivity contribution in [2.75, 3.05) is 13.1 Å². The lowest BCUT2D eigenvalue weighted by atomic mass is 9.91. The molecule has 1 aliphatic heterocycles. The molecule has 2 atom stereocenters. The minimum atomic E-state index is 0.281. The molecule has 0 aromatic heterocycles. The van der Waals surface area contributed by atoms with E-state index in [1.807, 2.05) is 0 Å². The lowest BCUT2D eigenvalue weighted by Gasteiger charge is -2.49. The molecule has 2 heteroatoms. The first-order valence-corrected chi connectivity index (χ1v) is 7.40. The predicted molar refractivity (Wildman–Crippen MR) is 74.2 cm³/mol. The highest BCUT2D eigenvalue weighted by Gasteiger charge is 2.37. The lowest BCUT2D eigenvalue weighted by molar-refractivity contribution is 0.0329. The highest BCUT2D eigenvalue weighted by atomic mass is 15.3. The number of nitrogens with zero attached hydrogens (tertiary/aromatic N) is 1. The van der Waals surface area contributed by atoms with Gasteiger partial charge in [-0.25, -0.2) is 0 Å². The Labute approximate surface area is 107 Å². The molecule has 2 nitrogen and oxygen atoms in total. The molecule has 17 heavy (non-hydrogen) atoms. The van der Waals surface area contributed by atoms with Crippen LogP contribution in [0, 0.1) is 11.8 Å². The van der Waals surface area contributed by atoms with Crippen molar-refractivity contribution in [1.82, 2.24) is 10.2 Å². The summed E-state index contributed by atoms with van der Waals surface area (Å²) in [6.07, 6.45) is 4.37. The number of hydrogen-bond acceptors (Lipinski definition) is 2. The summed E-state index contributed by atoms with van der Waals surface area (Å²) in [5.74, 6) is 1.79. The SMILES string of the molecule is CC(C)C1CNC(C)(C)CN1C(C)CC1CC1. The van der Waals surface area contributed by atoms with Gasteiger partial charge in [0.2, 0.25) is 0 Å². The van der Waals surface area contributed by atoms with Gasteiger partial charge < -0.3 is 5.32 Å². The second kappa shape index (κ2) is 4.89. The number of rotatable bonds is 4. The van der Waals surface area contributed by atoms with E-state index in [2.05, 4.69) is 44.8 Å². The topological polar surface area (TPSA) is 15.3 Å². The van der Waals surface area contributed by atoms with Crippen molar-refractivity contribution in [2.24, 2.45) is 11.8 Å². The summed E-state index contributed by atoms with van der Waals surface area (Å²) in [7, 11) is 0. The maximum Gasteiger partial charge on any atom is 0.0253 e. The van der Waals surface area contributed by atoms with Gasteiger partial charge in [-0.1, -0.05) is 26.7 Å². The maximum atomic E-state index is 3.70. The summed E-state index contributed by atoms with van der Waals surface area (Å²) in [5.41, 5.74) is 0.281. The largest absolute Gasteiger partial charge is 0.309 e. The lowest BCUT2D eigenvalue weighted by Crippen LogP contribution is -2.64. The molecule has 1 saturated heterocycles. The van der Waals surface area contributed by atoms with Crippen LogP contribution in [-0.4, -0.2) is 35.6 Å². The van der Waals surface area contributed by atoms with Gasteiger partial charge in [0.1, 0.15) is 0 Å².